The van der Waals surface area contributed by atoms with Gasteiger partial charge in [0.25, 0.3) is 0 Å². The van der Waals surface area contributed by atoms with E-state index in [1.807, 2.05) is 18.2 Å². The first-order valence-electron chi connectivity index (χ1n) is 5.92. The molecule has 0 aromatic heterocycles. The number of benzene rings is 1. The van der Waals surface area contributed by atoms with Crippen molar-refractivity contribution in [1.82, 2.24) is 4.90 Å². The second-order valence-electron chi connectivity index (χ2n) is 4.66. The van der Waals surface area contributed by atoms with Crippen LogP contribution >= 0.6 is 0 Å². The van der Waals surface area contributed by atoms with Crippen LogP contribution in [0.3, 0.4) is 0 Å². The zero-order valence-electron chi connectivity index (χ0n) is 10.4. The summed E-state index contributed by atoms with van der Waals surface area (Å²) in [6, 6.07) is 5.93. The van der Waals surface area contributed by atoms with Crippen molar-refractivity contribution in [3.8, 4) is 0 Å². The third kappa shape index (κ3) is 2.35. The third-order valence-corrected chi connectivity index (χ3v) is 3.21. The number of nitrogen functional groups attached to an aromatic ring is 1. The SMILES string of the molecule is CN(C)C(=O)CN1CCCc2c(N)cccc21. The van der Waals surface area contributed by atoms with E-state index < -0.39 is 0 Å². The maximum absolute atomic E-state index is 11.8. The lowest BCUT2D eigenvalue weighted by molar-refractivity contribution is -0.127. The summed E-state index contributed by atoms with van der Waals surface area (Å²) in [7, 11) is 3.57. The molecule has 0 saturated carbocycles. The van der Waals surface area contributed by atoms with Gasteiger partial charge in [-0.1, -0.05) is 6.07 Å². The van der Waals surface area contributed by atoms with Crippen molar-refractivity contribution >= 4 is 17.3 Å². The summed E-state index contributed by atoms with van der Waals surface area (Å²) in [6.45, 7) is 1.36. The van der Waals surface area contributed by atoms with Crippen LogP contribution in [-0.4, -0.2) is 38.0 Å². The van der Waals surface area contributed by atoms with E-state index in [2.05, 4.69) is 4.90 Å². The summed E-state index contributed by atoms with van der Waals surface area (Å²) in [5.74, 6) is 0.125. The van der Waals surface area contributed by atoms with Gasteiger partial charge in [-0.25, -0.2) is 0 Å². The molecule has 1 heterocycles. The number of nitrogens with zero attached hydrogens (tertiary/aromatic N) is 2. The van der Waals surface area contributed by atoms with Crippen LogP contribution in [0.2, 0.25) is 0 Å². The van der Waals surface area contributed by atoms with Gasteiger partial charge in [-0.3, -0.25) is 4.79 Å². The highest BCUT2D eigenvalue weighted by atomic mass is 16.2. The average Bonchev–Trinajstić information content (AvgIpc) is 2.30. The summed E-state index contributed by atoms with van der Waals surface area (Å²) in [6.07, 6.45) is 2.07. The maximum Gasteiger partial charge on any atom is 0.241 e. The molecule has 0 saturated heterocycles. The van der Waals surface area contributed by atoms with Gasteiger partial charge in [0, 0.05) is 32.0 Å². The Morgan fingerprint density at radius 2 is 2.24 bits per heavy atom. The van der Waals surface area contributed by atoms with Crippen LogP contribution in [0.5, 0.6) is 0 Å². The first-order valence-corrected chi connectivity index (χ1v) is 5.92. The molecule has 4 nitrogen and oxygen atoms in total. The number of likely N-dealkylation sites (N-methyl/N-ethyl adjacent to an activating group) is 1. The van der Waals surface area contributed by atoms with Crippen LogP contribution in [0.15, 0.2) is 18.2 Å². The quantitative estimate of drug-likeness (QED) is 0.778. The Hall–Kier alpha value is -1.71. The molecular formula is C13H19N3O. The number of hydrogen-bond acceptors (Lipinski definition) is 3. The number of hydrogen-bond donors (Lipinski definition) is 1. The van der Waals surface area contributed by atoms with Gasteiger partial charge in [0.2, 0.25) is 5.91 Å². The highest BCUT2D eigenvalue weighted by Crippen LogP contribution is 2.30. The number of anilines is 2. The van der Waals surface area contributed by atoms with E-state index in [0.717, 1.165) is 30.8 Å². The Bertz CT molecular complexity index is 429. The van der Waals surface area contributed by atoms with Gasteiger partial charge < -0.3 is 15.5 Å². The minimum absolute atomic E-state index is 0.125. The smallest absolute Gasteiger partial charge is 0.241 e. The first-order chi connectivity index (χ1) is 8.09. The largest absolute Gasteiger partial charge is 0.398 e. The number of rotatable bonds is 2. The molecule has 0 spiro atoms. The molecule has 0 radical (unpaired) electrons. The van der Waals surface area contributed by atoms with Gasteiger partial charge in [-0.15, -0.1) is 0 Å². The summed E-state index contributed by atoms with van der Waals surface area (Å²) in [5.41, 5.74) is 9.11. The molecule has 0 atom stereocenters. The fraction of sp³-hybridized carbons (Fsp3) is 0.462. The molecule has 0 unspecified atom stereocenters. The standard InChI is InChI=1S/C13H19N3O/c1-15(2)13(17)9-16-8-4-5-10-11(14)6-3-7-12(10)16/h3,6-7H,4-5,8-9,14H2,1-2H3. The zero-order chi connectivity index (χ0) is 12.4. The van der Waals surface area contributed by atoms with E-state index >= 15 is 0 Å². The van der Waals surface area contributed by atoms with Crippen LogP contribution < -0.4 is 10.6 Å². The zero-order valence-corrected chi connectivity index (χ0v) is 10.4. The number of carbonyl (C=O) groups is 1. The Balaban J connectivity index is 2.23. The van der Waals surface area contributed by atoms with Crippen molar-refractivity contribution in [1.29, 1.82) is 0 Å². The summed E-state index contributed by atoms with van der Waals surface area (Å²) in [4.78, 5) is 15.5. The molecular weight excluding hydrogens is 214 g/mol. The molecule has 1 aliphatic heterocycles. The fourth-order valence-corrected chi connectivity index (χ4v) is 2.20. The van der Waals surface area contributed by atoms with Crippen LogP contribution in [-0.2, 0) is 11.2 Å². The Morgan fingerprint density at radius 1 is 1.47 bits per heavy atom. The van der Waals surface area contributed by atoms with Gasteiger partial charge in [-0.05, 0) is 30.5 Å². The van der Waals surface area contributed by atoms with E-state index in [4.69, 9.17) is 5.73 Å². The van der Waals surface area contributed by atoms with Crippen molar-refractivity contribution in [3.05, 3.63) is 23.8 Å². The van der Waals surface area contributed by atoms with E-state index in [0.29, 0.717) is 6.54 Å². The van der Waals surface area contributed by atoms with Crippen molar-refractivity contribution in [2.45, 2.75) is 12.8 Å². The first kappa shape index (κ1) is 11.8. The number of fused-ring (bicyclic) bond motifs is 1. The van der Waals surface area contributed by atoms with Crippen LogP contribution in [0.4, 0.5) is 11.4 Å². The highest BCUT2D eigenvalue weighted by molar-refractivity contribution is 5.82. The van der Waals surface area contributed by atoms with E-state index in [-0.39, 0.29) is 5.91 Å². The predicted molar refractivity (Wildman–Crippen MR) is 70.1 cm³/mol. The molecule has 1 amide bonds. The fourth-order valence-electron chi connectivity index (χ4n) is 2.20. The second kappa shape index (κ2) is 4.65. The molecule has 2 rings (SSSR count). The van der Waals surface area contributed by atoms with Gasteiger partial charge in [-0.2, -0.15) is 0 Å². The van der Waals surface area contributed by atoms with Gasteiger partial charge in [0.1, 0.15) is 0 Å². The van der Waals surface area contributed by atoms with Gasteiger partial charge >= 0.3 is 0 Å². The van der Waals surface area contributed by atoms with Crippen molar-refractivity contribution in [3.63, 3.8) is 0 Å². The Labute approximate surface area is 102 Å². The van der Waals surface area contributed by atoms with Crippen molar-refractivity contribution in [2.24, 2.45) is 0 Å². The van der Waals surface area contributed by atoms with Crippen LogP contribution in [0, 0.1) is 0 Å². The van der Waals surface area contributed by atoms with E-state index in [1.165, 1.54) is 5.56 Å². The minimum Gasteiger partial charge on any atom is -0.398 e. The Kier molecular flexibility index (Phi) is 3.22. The minimum atomic E-state index is 0.125. The van der Waals surface area contributed by atoms with Crippen molar-refractivity contribution < 1.29 is 4.79 Å². The summed E-state index contributed by atoms with van der Waals surface area (Å²) < 4.78 is 0. The maximum atomic E-state index is 11.8. The lowest BCUT2D eigenvalue weighted by Crippen LogP contribution is -2.39. The molecule has 92 valence electrons. The molecule has 4 heteroatoms. The van der Waals surface area contributed by atoms with Gasteiger partial charge in [0.15, 0.2) is 0 Å². The number of nitrogens with two attached hydrogens (primary N) is 1. The lowest BCUT2D eigenvalue weighted by atomic mass is 10.00. The third-order valence-electron chi connectivity index (χ3n) is 3.21. The van der Waals surface area contributed by atoms with E-state index in [9.17, 15) is 4.79 Å². The normalized spacial score (nSPS) is 14.4. The molecule has 0 bridgehead atoms. The molecule has 17 heavy (non-hydrogen) atoms. The Morgan fingerprint density at radius 3 is 2.94 bits per heavy atom. The molecule has 1 aliphatic rings. The molecule has 0 fully saturated rings. The predicted octanol–water partition coefficient (Wildman–Crippen LogP) is 1.11. The van der Waals surface area contributed by atoms with Crippen LogP contribution in [0.25, 0.3) is 0 Å². The topological polar surface area (TPSA) is 49.6 Å². The van der Waals surface area contributed by atoms with Crippen LogP contribution in [0.1, 0.15) is 12.0 Å². The molecule has 1 aromatic carbocycles. The number of amides is 1. The molecule has 2 N–H and O–H groups in total. The highest BCUT2D eigenvalue weighted by Gasteiger charge is 2.20. The molecule has 0 aliphatic carbocycles. The average molecular weight is 233 g/mol. The lowest BCUT2D eigenvalue weighted by Gasteiger charge is -2.32. The van der Waals surface area contributed by atoms with E-state index in [1.54, 1.807) is 19.0 Å². The monoisotopic (exact) mass is 233 g/mol. The van der Waals surface area contributed by atoms with Crippen molar-refractivity contribution in [2.75, 3.05) is 37.8 Å². The molecule has 1 aromatic rings. The summed E-state index contributed by atoms with van der Waals surface area (Å²) >= 11 is 0. The van der Waals surface area contributed by atoms with Gasteiger partial charge in [0.05, 0.1) is 6.54 Å². The second-order valence-corrected chi connectivity index (χ2v) is 4.66. The summed E-state index contributed by atoms with van der Waals surface area (Å²) in [5, 5.41) is 0. The number of carbonyl (C=O) groups excluding carboxylic acids is 1.